The first-order valence-corrected chi connectivity index (χ1v) is 12.0. The fraction of sp³-hybridized carbons (Fsp3) is 0.172. The van der Waals surface area contributed by atoms with Crippen LogP contribution >= 0.6 is 0 Å². The number of nitro groups is 1. The third-order valence-electron chi connectivity index (χ3n) is 6.55. The van der Waals surface area contributed by atoms with E-state index in [4.69, 9.17) is 0 Å². The highest BCUT2D eigenvalue weighted by Crippen LogP contribution is 2.41. The Balaban J connectivity index is 1.64. The van der Waals surface area contributed by atoms with Crippen LogP contribution in [-0.4, -0.2) is 64.8 Å². The van der Waals surface area contributed by atoms with Crippen molar-refractivity contribution in [1.82, 2.24) is 19.8 Å². The second kappa shape index (κ2) is 9.83. The molecular formula is C29H27N5O3. The van der Waals surface area contributed by atoms with Gasteiger partial charge in [-0.2, -0.15) is 0 Å². The Morgan fingerprint density at radius 3 is 2.35 bits per heavy atom. The third-order valence-corrected chi connectivity index (χ3v) is 6.55. The standard InChI is InChI=1S/C29H27N5O3/c1-32(2)15-16-33(3)29(35)21-11-9-19(10-12-21)24-18-30-28-27(26(24)20-7-5-4-6-8-20)23-17-22(34(36)37)13-14-25(23)31-28/h4-14,17-18H,15-16H2,1-3H3,(H,30,31). The molecule has 0 unspecified atom stereocenters. The van der Waals surface area contributed by atoms with Gasteiger partial charge in [0.15, 0.2) is 0 Å². The molecule has 0 fully saturated rings. The Labute approximate surface area is 214 Å². The lowest BCUT2D eigenvalue weighted by atomic mass is 9.92. The summed E-state index contributed by atoms with van der Waals surface area (Å²) in [6.45, 7) is 1.42. The van der Waals surface area contributed by atoms with Crippen molar-refractivity contribution in [2.24, 2.45) is 0 Å². The van der Waals surface area contributed by atoms with Crippen molar-refractivity contribution < 1.29 is 9.72 Å². The average Bonchev–Trinajstić information content (AvgIpc) is 3.29. The molecule has 0 bridgehead atoms. The Morgan fingerprint density at radius 1 is 0.946 bits per heavy atom. The number of likely N-dealkylation sites (N-methyl/N-ethyl adjacent to an activating group) is 2. The highest BCUT2D eigenvalue weighted by atomic mass is 16.6. The molecule has 37 heavy (non-hydrogen) atoms. The smallest absolute Gasteiger partial charge is 0.270 e. The van der Waals surface area contributed by atoms with Crippen LogP contribution in [-0.2, 0) is 0 Å². The van der Waals surface area contributed by atoms with E-state index in [9.17, 15) is 14.9 Å². The minimum Gasteiger partial charge on any atom is -0.340 e. The molecule has 0 aliphatic carbocycles. The number of hydrogen-bond donors (Lipinski definition) is 1. The number of nitrogens with zero attached hydrogens (tertiary/aromatic N) is 4. The number of aromatic nitrogens is 2. The predicted octanol–water partition coefficient (Wildman–Crippen LogP) is 5.59. The maximum atomic E-state index is 12.9. The minimum atomic E-state index is -0.386. The molecule has 0 spiro atoms. The van der Waals surface area contributed by atoms with Crippen LogP contribution in [0.4, 0.5) is 5.69 Å². The van der Waals surface area contributed by atoms with Gasteiger partial charge >= 0.3 is 0 Å². The summed E-state index contributed by atoms with van der Waals surface area (Å²) in [4.78, 5) is 35.8. The largest absolute Gasteiger partial charge is 0.340 e. The fourth-order valence-electron chi connectivity index (χ4n) is 4.55. The average molecular weight is 494 g/mol. The summed E-state index contributed by atoms with van der Waals surface area (Å²) in [5.74, 6) is -0.0331. The van der Waals surface area contributed by atoms with E-state index in [1.807, 2.05) is 79.8 Å². The highest BCUT2D eigenvalue weighted by molar-refractivity contribution is 6.16. The topological polar surface area (TPSA) is 95.4 Å². The number of amides is 1. The van der Waals surface area contributed by atoms with E-state index < -0.39 is 0 Å². The maximum Gasteiger partial charge on any atom is 0.270 e. The lowest BCUT2D eigenvalue weighted by molar-refractivity contribution is -0.384. The lowest BCUT2D eigenvalue weighted by Gasteiger charge is -2.20. The first-order chi connectivity index (χ1) is 17.8. The molecule has 0 atom stereocenters. The van der Waals surface area contributed by atoms with E-state index in [0.717, 1.165) is 45.1 Å². The number of carbonyl (C=O) groups is 1. The quantitative estimate of drug-likeness (QED) is 0.235. The molecule has 8 nitrogen and oxygen atoms in total. The third kappa shape index (κ3) is 4.66. The van der Waals surface area contributed by atoms with Gasteiger partial charge in [-0.05, 0) is 43.4 Å². The number of non-ortho nitro benzene ring substituents is 1. The normalized spacial score (nSPS) is 11.4. The number of fused-ring (bicyclic) bond motifs is 3. The summed E-state index contributed by atoms with van der Waals surface area (Å²) in [5, 5.41) is 13.1. The SMILES string of the molecule is CN(C)CCN(C)C(=O)c1ccc(-c2cnc3[nH]c4ccc([N+](=O)[O-])cc4c3c2-c2ccccc2)cc1. The van der Waals surface area contributed by atoms with Gasteiger partial charge in [0.1, 0.15) is 5.65 Å². The van der Waals surface area contributed by atoms with Gasteiger partial charge in [0.2, 0.25) is 0 Å². The van der Waals surface area contributed by atoms with Gasteiger partial charge in [-0.3, -0.25) is 14.9 Å². The van der Waals surface area contributed by atoms with Crippen LogP contribution < -0.4 is 0 Å². The van der Waals surface area contributed by atoms with Crippen LogP contribution in [0.1, 0.15) is 10.4 Å². The molecular weight excluding hydrogens is 466 g/mol. The zero-order valence-corrected chi connectivity index (χ0v) is 20.9. The molecule has 2 heterocycles. The highest BCUT2D eigenvalue weighted by Gasteiger charge is 2.20. The van der Waals surface area contributed by atoms with Gasteiger partial charge in [0.05, 0.1) is 4.92 Å². The van der Waals surface area contributed by atoms with Gasteiger partial charge < -0.3 is 14.8 Å². The van der Waals surface area contributed by atoms with Crippen molar-refractivity contribution >= 4 is 33.5 Å². The van der Waals surface area contributed by atoms with E-state index >= 15 is 0 Å². The molecule has 0 radical (unpaired) electrons. The molecule has 0 aliphatic rings. The van der Waals surface area contributed by atoms with Gasteiger partial charge in [-0.1, -0.05) is 42.5 Å². The van der Waals surface area contributed by atoms with Crippen LogP contribution in [0.5, 0.6) is 0 Å². The number of aromatic amines is 1. The summed E-state index contributed by atoms with van der Waals surface area (Å²) < 4.78 is 0. The Bertz CT molecular complexity index is 1610. The van der Waals surface area contributed by atoms with Crippen LogP contribution in [0.25, 0.3) is 44.2 Å². The fourth-order valence-corrected chi connectivity index (χ4v) is 4.55. The Morgan fingerprint density at radius 2 is 1.68 bits per heavy atom. The summed E-state index contributed by atoms with van der Waals surface area (Å²) >= 11 is 0. The summed E-state index contributed by atoms with van der Waals surface area (Å²) in [6, 6.07) is 22.3. The second-order valence-corrected chi connectivity index (χ2v) is 9.36. The number of hydrogen-bond acceptors (Lipinski definition) is 5. The number of rotatable bonds is 7. The first kappa shape index (κ1) is 24.1. The minimum absolute atomic E-state index is 0.0269. The molecule has 1 amide bonds. The molecule has 186 valence electrons. The van der Waals surface area contributed by atoms with Crippen molar-refractivity contribution in [2.45, 2.75) is 0 Å². The molecule has 0 aliphatic heterocycles. The van der Waals surface area contributed by atoms with Crippen molar-refractivity contribution in [3.8, 4) is 22.3 Å². The lowest BCUT2D eigenvalue weighted by Crippen LogP contribution is -2.33. The zero-order valence-electron chi connectivity index (χ0n) is 20.9. The predicted molar refractivity (Wildman–Crippen MR) is 147 cm³/mol. The van der Waals surface area contributed by atoms with Gasteiger partial charge in [0, 0.05) is 71.4 Å². The number of benzene rings is 3. The van der Waals surface area contributed by atoms with Crippen molar-refractivity contribution in [2.75, 3.05) is 34.2 Å². The van der Waals surface area contributed by atoms with E-state index in [-0.39, 0.29) is 16.5 Å². The Hall–Kier alpha value is -4.56. The van der Waals surface area contributed by atoms with Crippen molar-refractivity contribution in [3.05, 3.63) is 94.7 Å². The van der Waals surface area contributed by atoms with Gasteiger partial charge in [-0.15, -0.1) is 0 Å². The molecule has 8 heteroatoms. The molecule has 1 N–H and O–H groups in total. The number of pyridine rings is 1. The molecule has 0 saturated heterocycles. The molecule has 5 rings (SSSR count). The van der Waals surface area contributed by atoms with Gasteiger partial charge in [-0.25, -0.2) is 4.98 Å². The van der Waals surface area contributed by atoms with Crippen molar-refractivity contribution in [3.63, 3.8) is 0 Å². The molecule has 3 aromatic carbocycles. The number of H-pyrrole nitrogens is 1. The van der Waals surface area contributed by atoms with Gasteiger partial charge in [0.25, 0.3) is 11.6 Å². The van der Waals surface area contributed by atoms with Crippen LogP contribution in [0.2, 0.25) is 0 Å². The van der Waals surface area contributed by atoms with E-state index in [2.05, 4.69) is 9.97 Å². The van der Waals surface area contributed by atoms with E-state index in [0.29, 0.717) is 17.8 Å². The van der Waals surface area contributed by atoms with Crippen LogP contribution in [0.15, 0.2) is 79.0 Å². The summed E-state index contributed by atoms with van der Waals surface area (Å²) in [7, 11) is 5.77. The van der Waals surface area contributed by atoms with E-state index in [1.54, 1.807) is 24.1 Å². The maximum absolute atomic E-state index is 12.9. The zero-order chi connectivity index (χ0) is 26.1. The molecule has 2 aromatic heterocycles. The Kier molecular flexibility index (Phi) is 6.42. The van der Waals surface area contributed by atoms with Crippen LogP contribution in [0.3, 0.4) is 0 Å². The molecule has 5 aromatic rings. The van der Waals surface area contributed by atoms with Crippen molar-refractivity contribution in [1.29, 1.82) is 0 Å². The first-order valence-electron chi connectivity index (χ1n) is 12.0. The number of nitro benzene ring substituents is 1. The summed E-state index contributed by atoms with van der Waals surface area (Å²) in [5.41, 5.74) is 5.77. The second-order valence-electron chi connectivity index (χ2n) is 9.36. The number of nitrogens with one attached hydrogen (secondary N) is 1. The van der Waals surface area contributed by atoms with E-state index in [1.165, 1.54) is 6.07 Å². The monoisotopic (exact) mass is 493 g/mol. The number of carbonyl (C=O) groups excluding carboxylic acids is 1. The molecule has 0 saturated carbocycles. The summed E-state index contributed by atoms with van der Waals surface area (Å²) in [6.07, 6.45) is 1.81. The van der Waals surface area contributed by atoms with Crippen LogP contribution in [0, 0.1) is 10.1 Å².